The number of rotatable bonds is 6. The van der Waals surface area contributed by atoms with E-state index in [1.807, 2.05) is 20.8 Å². The molecule has 19 heavy (non-hydrogen) atoms. The molecular formula is C13H20FN3O2. The maximum atomic E-state index is 13.9. The van der Waals surface area contributed by atoms with Crippen molar-refractivity contribution in [3.8, 4) is 0 Å². The van der Waals surface area contributed by atoms with E-state index in [1.54, 1.807) is 7.05 Å². The van der Waals surface area contributed by atoms with Crippen LogP contribution in [0, 0.1) is 5.82 Å². The summed E-state index contributed by atoms with van der Waals surface area (Å²) < 4.78 is 19.3. The molecule has 0 atom stereocenters. The number of ether oxygens (including phenoxy) is 1. The summed E-state index contributed by atoms with van der Waals surface area (Å²) in [5.41, 5.74) is -0.522. The second kappa shape index (κ2) is 6.47. The lowest BCUT2D eigenvalue weighted by Gasteiger charge is -2.24. The molecule has 1 amide bonds. The molecule has 0 aliphatic rings. The lowest BCUT2D eigenvalue weighted by Crippen LogP contribution is -2.40. The molecule has 0 spiro atoms. The molecule has 0 aliphatic heterocycles. The number of hydrogen-bond acceptors (Lipinski definition) is 4. The molecule has 1 rings (SSSR count). The Morgan fingerprint density at radius 1 is 1.53 bits per heavy atom. The monoisotopic (exact) mass is 269 g/mol. The number of pyridine rings is 1. The molecule has 0 saturated heterocycles. The summed E-state index contributed by atoms with van der Waals surface area (Å²) in [5.74, 6) is -1.09. The quantitative estimate of drug-likeness (QED) is 0.826. The zero-order chi connectivity index (χ0) is 14.5. The van der Waals surface area contributed by atoms with Crippen molar-refractivity contribution in [2.45, 2.75) is 26.4 Å². The van der Waals surface area contributed by atoms with Crippen LogP contribution in [0.15, 0.2) is 12.3 Å². The van der Waals surface area contributed by atoms with Crippen molar-refractivity contribution in [1.29, 1.82) is 0 Å². The predicted octanol–water partition coefficient (Wildman–Crippen LogP) is 1.81. The highest BCUT2D eigenvalue weighted by molar-refractivity contribution is 5.95. The number of aromatic nitrogens is 1. The molecular weight excluding hydrogens is 249 g/mol. The normalized spacial score (nSPS) is 11.2. The van der Waals surface area contributed by atoms with Crippen molar-refractivity contribution < 1.29 is 13.9 Å². The van der Waals surface area contributed by atoms with Gasteiger partial charge in [0.2, 0.25) is 0 Å². The summed E-state index contributed by atoms with van der Waals surface area (Å²) in [7, 11) is 1.55. The fourth-order valence-electron chi connectivity index (χ4n) is 1.62. The summed E-state index contributed by atoms with van der Waals surface area (Å²) in [5, 5.41) is 5.25. The summed E-state index contributed by atoms with van der Waals surface area (Å²) >= 11 is 0. The van der Waals surface area contributed by atoms with E-state index in [4.69, 9.17) is 4.74 Å². The van der Waals surface area contributed by atoms with Gasteiger partial charge in [0.05, 0.1) is 11.2 Å². The van der Waals surface area contributed by atoms with Crippen LogP contribution in [0.1, 0.15) is 31.1 Å². The Bertz CT molecular complexity index is 450. The fraction of sp³-hybridized carbons (Fsp3) is 0.538. The predicted molar refractivity (Wildman–Crippen MR) is 71.8 cm³/mol. The first-order chi connectivity index (χ1) is 8.91. The molecule has 106 valence electrons. The Morgan fingerprint density at radius 2 is 2.21 bits per heavy atom. The molecule has 1 aromatic rings. The van der Waals surface area contributed by atoms with Gasteiger partial charge < -0.3 is 15.4 Å². The largest absolute Gasteiger partial charge is 0.374 e. The average Bonchev–Trinajstić information content (AvgIpc) is 2.36. The molecule has 1 heterocycles. The van der Waals surface area contributed by atoms with Gasteiger partial charge in [-0.2, -0.15) is 0 Å². The van der Waals surface area contributed by atoms with Gasteiger partial charge in [0.1, 0.15) is 0 Å². The number of nitrogens with zero attached hydrogens (tertiary/aromatic N) is 1. The number of nitrogens with one attached hydrogen (secondary N) is 2. The molecule has 5 nitrogen and oxygen atoms in total. The third kappa shape index (κ3) is 4.17. The topological polar surface area (TPSA) is 63.2 Å². The molecule has 1 aromatic heterocycles. The molecule has 6 heteroatoms. The van der Waals surface area contributed by atoms with Crippen LogP contribution in [0.4, 0.5) is 10.2 Å². The van der Waals surface area contributed by atoms with Crippen LogP contribution < -0.4 is 10.6 Å². The van der Waals surface area contributed by atoms with E-state index in [9.17, 15) is 9.18 Å². The smallest absolute Gasteiger partial charge is 0.254 e. The van der Waals surface area contributed by atoms with E-state index in [0.717, 1.165) is 0 Å². The second-order valence-corrected chi connectivity index (χ2v) is 4.65. The van der Waals surface area contributed by atoms with Crippen molar-refractivity contribution in [2.24, 2.45) is 0 Å². The Balaban J connectivity index is 2.74. The summed E-state index contributed by atoms with van der Waals surface area (Å²) in [6.07, 6.45) is 1.39. The van der Waals surface area contributed by atoms with Crippen LogP contribution in [0.5, 0.6) is 0 Å². The maximum Gasteiger partial charge on any atom is 0.254 e. The SMILES string of the molecule is CCOC(C)(C)CNC(=O)c1ccnc(NC)c1F. The van der Waals surface area contributed by atoms with Crippen LogP contribution in [-0.2, 0) is 4.74 Å². The Labute approximate surface area is 112 Å². The van der Waals surface area contributed by atoms with E-state index in [2.05, 4.69) is 15.6 Å². The van der Waals surface area contributed by atoms with Gasteiger partial charge in [-0.15, -0.1) is 0 Å². The van der Waals surface area contributed by atoms with Crippen molar-refractivity contribution in [3.63, 3.8) is 0 Å². The number of amides is 1. The second-order valence-electron chi connectivity index (χ2n) is 4.65. The van der Waals surface area contributed by atoms with Crippen molar-refractivity contribution in [3.05, 3.63) is 23.6 Å². The molecule has 0 bridgehead atoms. The Morgan fingerprint density at radius 3 is 2.79 bits per heavy atom. The molecule has 0 radical (unpaired) electrons. The first kappa shape index (κ1) is 15.4. The minimum Gasteiger partial charge on any atom is -0.374 e. The van der Waals surface area contributed by atoms with Gasteiger partial charge in [-0.1, -0.05) is 0 Å². The highest BCUT2D eigenvalue weighted by atomic mass is 19.1. The molecule has 0 aliphatic carbocycles. The highest BCUT2D eigenvalue weighted by Gasteiger charge is 2.21. The van der Waals surface area contributed by atoms with Crippen LogP contribution in [0.3, 0.4) is 0 Å². The van der Waals surface area contributed by atoms with Crippen LogP contribution in [-0.4, -0.2) is 36.7 Å². The summed E-state index contributed by atoms with van der Waals surface area (Å²) in [4.78, 5) is 15.7. The number of hydrogen-bond donors (Lipinski definition) is 2. The first-order valence-electron chi connectivity index (χ1n) is 6.15. The van der Waals surface area contributed by atoms with Crippen molar-refractivity contribution in [2.75, 3.05) is 25.5 Å². The van der Waals surface area contributed by atoms with Gasteiger partial charge in [-0.25, -0.2) is 9.37 Å². The van der Waals surface area contributed by atoms with Gasteiger partial charge in [-0.05, 0) is 26.8 Å². The minimum atomic E-state index is -0.656. The molecule has 0 saturated carbocycles. The van der Waals surface area contributed by atoms with E-state index in [0.29, 0.717) is 13.2 Å². The average molecular weight is 269 g/mol. The number of halogens is 1. The van der Waals surface area contributed by atoms with Crippen molar-refractivity contribution in [1.82, 2.24) is 10.3 Å². The zero-order valence-corrected chi connectivity index (χ0v) is 11.7. The maximum absolute atomic E-state index is 13.9. The van der Waals surface area contributed by atoms with Crippen LogP contribution >= 0.6 is 0 Å². The standard InChI is InChI=1S/C13H20FN3O2/c1-5-19-13(2,3)8-17-12(18)9-6-7-16-11(15-4)10(9)14/h6-7H,5,8H2,1-4H3,(H,15,16)(H,17,18). The molecule has 0 fully saturated rings. The molecule has 0 unspecified atom stereocenters. The number of carbonyl (C=O) groups excluding carboxylic acids is 1. The van der Waals surface area contributed by atoms with E-state index in [-0.39, 0.29) is 11.4 Å². The van der Waals surface area contributed by atoms with Gasteiger partial charge in [-0.3, -0.25) is 4.79 Å². The summed E-state index contributed by atoms with van der Waals surface area (Å²) in [6.45, 7) is 6.45. The lowest BCUT2D eigenvalue weighted by atomic mass is 10.1. The highest BCUT2D eigenvalue weighted by Crippen LogP contribution is 2.14. The molecule has 2 N–H and O–H groups in total. The van der Waals surface area contributed by atoms with E-state index >= 15 is 0 Å². The molecule has 0 aromatic carbocycles. The van der Waals surface area contributed by atoms with Gasteiger partial charge in [0, 0.05) is 26.4 Å². The van der Waals surface area contributed by atoms with Crippen molar-refractivity contribution >= 4 is 11.7 Å². The van der Waals surface area contributed by atoms with Gasteiger partial charge in [0.15, 0.2) is 11.6 Å². The van der Waals surface area contributed by atoms with E-state index < -0.39 is 17.3 Å². The van der Waals surface area contributed by atoms with Crippen LogP contribution in [0.25, 0.3) is 0 Å². The zero-order valence-electron chi connectivity index (χ0n) is 11.7. The summed E-state index contributed by atoms with van der Waals surface area (Å²) in [6, 6.07) is 1.35. The third-order valence-electron chi connectivity index (χ3n) is 2.58. The first-order valence-corrected chi connectivity index (χ1v) is 6.15. The van der Waals surface area contributed by atoms with Gasteiger partial charge in [0.25, 0.3) is 5.91 Å². The minimum absolute atomic E-state index is 0.0355. The fourth-order valence-corrected chi connectivity index (χ4v) is 1.62. The lowest BCUT2D eigenvalue weighted by molar-refractivity contribution is -0.00818. The number of anilines is 1. The Kier molecular flexibility index (Phi) is 5.23. The number of carbonyl (C=O) groups is 1. The Hall–Kier alpha value is -1.69. The van der Waals surface area contributed by atoms with E-state index in [1.165, 1.54) is 12.3 Å². The third-order valence-corrected chi connectivity index (χ3v) is 2.58. The van der Waals surface area contributed by atoms with Crippen LogP contribution in [0.2, 0.25) is 0 Å². The van der Waals surface area contributed by atoms with Gasteiger partial charge >= 0.3 is 0 Å².